The first-order chi connectivity index (χ1) is 6.59. The molecule has 1 saturated heterocycles. The van der Waals surface area contributed by atoms with E-state index in [0.717, 1.165) is 18.8 Å². The summed E-state index contributed by atoms with van der Waals surface area (Å²) in [5.41, 5.74) is 0. The third kappa shape index (κ3) is 3.88. The van der Waals surface area contributed by atoms with Gasteiger partial charge in [-0.2, -0.15) is 11.8 Å². The number of carboxylic acids is 1. The normalized spacial score (nSPS) is 22.1. The van der Waals surface area contributed by atoms with Crippen LogP contribution in [0.4, 0.5) is 0 Å². The van der Waals surface area contributed by atoms with Crippen LogP contribution >= 0.6 is 11.8 Å². The molecule has 0 aromatic rings. The van der Waals surface area contributed by atoms with Crippen molar-refractivity contribution in [2.75, 3.05) is 25.9 Å². The van der Waals surface area contributed by atoms with Crippen molar-refractivity contribution in [1.82, 2.24) is 4.90 Å². The topological polar surface area (TPSA) is 40.5 Å². The second-order valence-corrected chi connectivity index (χ2v) is 5.41. The van der Waals surface area contributed by atoms with Crippen molar-refractivity contribution in [3.05, 3.63) is 0 Å². The Hall–Kier alpha value is -0.220. The summed E-state index contributed by atoms with van der Waals surface area (Å²) in [6.45, 7) is 4.09. The van der Waals surface area contributed by atoms with E-state index < -0.39 is 5.97 Å². The molecule has 0 spiro atoms. The lowest BCUT2D eigenvalue weighted by Gasteiger charge is -2.28. The predicted octanol–water partition coefficient (Wildman–Crippen LogP) is 1.53. The molecule has 1 heterocycles. The Labute approximate surface area is 89.9 Å². The minimum absolute atomic E-state index is 0.209. The molecule has 0 aliphatic carbocycles. The molecule has 1 N–H and O–H groups in total. The molecule has 14 heavy (non-hydrogen) atoms. The number of hydrogen-bond donors (Lipinski definition) is 1. The zero-order chi connectivity index (χ0) is 10.6. The van der Waals surface area contributed by atoms with Crippen molar-refractivity contribution < 1.29 is 9.90 Å². The lowest BCUT2D eigenvalue weighted by Crippen LogP contribution is -2.32. The van der Waals surface area contributed by atoms with E-state index in [1.165, 1.54) is 12.8 Å². The highest BCUT2D eigenvalue weighted by Crippen LogP contribution is 2.24. The number of thioether (sulfide) groups is 1. The maximum absolute atomic E-state index is 10.6. The van der Waals surface area contributed by atoms with Crippen LogP contribution in [0.2, 0.25) is 0 Å². The number of carbonyl (C=O) groups is 1. The predicted molar refractivity (Wildman–Crippen MR) is 59.8 cm³/mol. The van der Waals surface area contributed by atoms with Crippen molar-refractivity contribution in [2.45, 2.75) is 25.0 Å². The monoisotopic (exact) mass is 217 g/mol. The summed E-state index contributed by atoms with van der Waals surface area (Å²) in [4.78, 5) is 12.9. The molecule has 82 valence electrons. The quantitative estimate of drug-likeness (QED) is 0.775. The lowest BCUT2D eigenvalue weighted by molar-refractivity contribution is -0.140. The first kappa shape index (κ1) is 11.9. The third-order valence-corrected chi connectivity index (χ3v) is 4.30. The molecule has 1 fully saturated rings. The number of aliphatic carboxylic acids is 1. The van der Waals surface area contributed by atoms with Gasteiger partial charge in [0.05, 0.1) is 5.92 Å². The van der Waals surface area contributed by atoms with Crippen LogP contribution < -0.4 is 0 Å². The number of piperidine rings is 1. The van der Waals surface area contributed by atoms with Crippen LogP contribution in [0.3, 0.4) is 0 Å². The van der Waals surface area contributed by atoms with Gasteiger partial charge in [0.25, 0.3) is 0 Å². The first-order valence-corrected chi connectivity index (χ1v) is 6.17. The summed E-state index contributed by atoms with van der Waals surface area (Å²) in [6, 6.07) is 0. The van der Waals surface area contributed by atoms with Gasteiger partial charge < -0.3 is 10.0 Å². The molecule has 4 heteroatoms. The van der Waals surface area contributed by atoms with Crippen LogP contribution in [-0.2, 0) is 4.79 Å². The molecule has 1 unspecified atom stereocenters. The average molecular weight is 217 g/mol. The van der Waals surface area contributed by atoms with E-state index in [1.54, 1.807) is 6.92 Å². The van der Waals surface area contributed by atoms with Crippen LogP contribution in [0.25, 0.3) is 0 Å². The fraction of sp³-hybridized carbons (Fsp3) is 0.900. The Balaban J connectivity index is 2.16. The molecule has 1 aliphatic heterocycles. The zero-order valence-electron chi connectivity index (χ0n) is 8.90. The number of carboxylic acid groups (broad SMARTS) is 1. The highest BCUT2D eigenvalue weighted by molar-refractivity contribution is 7.99. The Morgan fingerprint density at radius 2 is 2.14 bits per heavy atom. The second kappa shape index (κ2) is 5.61. The summed E-state index contributed by atoms with van der Waals surface area (Å²) in [5, 5.41) is 9.41. The van der Waals surface area contributed by atoms with E-state index in [9.17, 15) is 4.79 Å². The molecule has 1 atom stereocenters. The van der Waals surface area contributed by atoms with E-state index in [2.05, 4.69) is 11.9 Å². The van der Waals surface area contributed by atoms with E-state index >= 15 is 0 Å². The van der Waals surface area contributed by atoms with E-state index in [4.69, 9.17) is 5.11 Å². The van der Waals surface area contributed by atoms with E-state index in [1.807, 2.05) is 11.8 Å². The Bertz CT molecular complexity index is 191. The molecule has 1 aliphatic rings. The molecular weight excluding hydrogens is 198 g/mol. The number of nitrogens with zero attached hydrogens (tertiary/aromatic N) is 1. The summed E-state index contributed by atoms with van der Waals surface area (Å²) < 4.78 is 0. The van der Waals surface area contributed by atoms with E-state index in [0.29, 0.717) is 5.25 Å². The first-order valence-electron chi connectivity index (χ1n) is 5.12. The van der Waals surface area contributed by atoms with Gasteiger partial charge in [0.1, 0.15) is 0 Å². The minimum Gasteiger partial charge on any atom is -0.481 e. The molecule has 0 amide bonds. The van der Waals surface area contributed by atoms with Crippen LogP contribution in [-0.4, -0.2) is 47.1 Å². The van der Waals surface area contributed by atoms with E-state index in [-0.39, 0.29) is 5.92 Å². The minimum atomic E-state index is -0.676. The van der Waals surface area contributed by atoms with Crippen molar-refractivity contribution in [2.24, 2.45) is 5.92 Å². The fourth-order valence-corrected chi connectivity index (χ4v) is 2.75. The number of rotatable bonds is 4. The van der Waals surface area contributed by atoms with Crippen LogP contribution in [0.15, 0.2) is 0 Å². The van der Waals surface area contributed by atoms with Gasteiger partial charge in [0, 0.05) is 11.0 Å². The molecule has 3 nitrogen and oxygen atoms in total. The highest BCUT2D eigenvalue weighted by Gasteiger charge is 2.19. The second-order valence-electron chi connectivity index (χ2n) is 4.08. The van der Waals surface area contributed by atoms with Crippen LogP contribution in [0.1, 0.15) is 19.8 Å². The van der Waals surface area contributed by atoms with Gasteiger partial charge in [-0.1, -0.05) is 6.92 Å². The maximum Gasteiger partial charge on any atom is 0.307 e. The summed E-state index contributed by atoms with van der Waals surface area (Å²) in [7, 11) is 2.14. The van der Waals surface area contributed by atoms with Crippen molar-refractivity contribution in [3.63, 3.8) is 0 Å². The van der Waals surface area contributed by atoms with Crippen LogP contribution in [0.5, 0.6) is 0 Å². The highest BCUT2D eigenvalue weighted by atomic mass is 32.2. The molecule has 0 radical (unpaired) electrons. The molecule has 1 rings (SSSR count). The van der Waals surface area contributed by atoms with Gasteiger partial charge in [0.15, 0.2) is 0 Å². The van der Waals surface area contributed by atoms with Crippen LogP contribution in [0, 0.1) is 5.92 Å². The molecule has 0 aromatic heterocycles. The van der Waals surface area contributed by atoms with Crippen molar-refractivity contribution in [1.29, 1.82) is 0 Å². The summed E-state index contributed by atoms with van der Waals surface area (Å²) in [5.74, 6) is -0.130. The fourth-order valence-electron chi connectivity index (χ4n) is 1.50. The van der Waals surface area contributed by atoms with Gasteiger partial charge in [-0.25, -0.2) is 0 Å². The largest absolute Gasteiger partial charge is 0.481 e. The number of likely N-dealkylation sites (tertiary alicyclic amines) is 1. The third-order valence-electron chi connectivity index (χ3n) is 2.67. The maximum atomic E-state index is 10.6. The van der Waals surface area contributed by atoms with Gasteiger partial charge in [0.2, 0.25) is 0 Å². The Morgan fingerprint density at radius 1 is 1.57 bits per heavy atom. The summed E-state index contributed by atoms with van der Waals surface area (Å²) >= 11 is 1.83. The Kier molecular flexibility index (Phi) is 4.75. The summed E-state index contributed by atoms with van der Waals surface area (Å²) in [6.07, 6.45) is 2.40. The average Bonchev–Trinajstić information content (AvgIpc) is 2.16. The number of hydrogen-bond acceptors (Lipinski definition) is 3. The van der Waals surface area contributed by atoms with Gasteiger partial charge >= 0.3 is 5.97 Å². The SMILES string of the molecule is CC(CSC1CCN(C)CC1)C(=O)O. The van der Waals surface area contributed by atoms with Gasteiger partial charge in [-0.3, -0.25) is 4.79 Å². The molecule has 0 saturated carbocycles. The lowest BCUT2D eigenvalue weighted by atomic mass is 10.1. The molecule has 0 bridgehead atoms. The van der Waals surface area contributed by atoms with Crippen molar-refractivity contribution in [3.8, 4) is 0 Å². The zero-order valence-corrected chi connectivity index (χ0v) is 9.72. The van der Waals surface area contributed by atoms with Gasteiger partial charge in [-0.15, -0.1) is 0 Å². The smallest absolute Gasteiger partial charge is 0.307 e. The standard InChI is InChI=1S/C10H19NO2S/c1-8(10(12)13)7-14-9-3-5-11(2)6-4-9/h8-9H,3-7H2,1-2H3,(H,12,13). The molecule has 0 aromatic carbocycles. The molecular formula is C10H19NO2S. The Morgan fingerprint density at radius 3 is 2.64 bits per heavy atom. The van der Waals surface area contributed by atoms with Gasteiger partial charge in [-0.05, 0) is 33.0 Å². The van der Waals surface area contributed by atoms with Crippen molar-refractivity contribution >= 4 is 17.7 Å².